The quantitative estimate of drug-likeness (QED) is 0.637. The first kappa shape index (κ1) is 15.9. The lowest BCUT2D eigenvalue weighted by Gasteiger charge is -2.26. The van der Waals surface area contributed by atoms with E-state index in [1.54, 1.807) is 0 Å². The molecule has 1 atom stereocenters. The minimum absolute atomic E-state index is 0.0740. The fraction of sp³-hybridized carbons (Fsp3) is 0.133. The number of hydrogen-bond donors (Lipinski definition) is 2. The van der Waals surface area contributed by atoms with Gasteiger partial charge in [0, 0.05) is 23.7 Å². The van der Waals surface area contributed by atoms with Crippen LogP contribution in [0.4, 0.5) is 4.39 Å². The van der Waals surface area contributed by atoms with E-state index in [4.69, 9.17) is 38.4 Å². The number of hydrogen-bond acceptors (Lipinski definition) is 5. The maximum atomic E-state index is 13.9. The molecule has 5 nitrogen and oxygen atoms in total. The summed E-state index contributed by atoms with van der Waals surface area (Å²) in [5.41, 5.74) is 5.78. The van der Waals surface area contributed by atoms with Crippen LogP contribution < -0.4 is 15.2 Å². The van der Waals surface area contributed by atoms with Gasteiger partial charge < -0.3 is 20.3 Å². The minimum atomic E-state index is -1.03. The van der Waals surface area contributed by atoms with Crippen LogP contribution in [0.2, 0.25) is 10.0 Å². The van der Waals surface area contributed by atoms with E-state index >= 15 is 0 Å². The third kappa shape index (κ3) is 2.69. The molecule has 2 aromatic carbocycles. The zero-order valence-electron chi connectivity index (χ0n) is 11.5. The molecule has 0 radical (unpaired) electrons. The molecule has 8 heteroatoms. The summed E-state index contributed by atoms with van der Waals surface area (Å²) in [7, 11) is 0. The predicted molar refractivity (Wildman–Crippen MR) is 82.6 cm³/mol. The first-order valence-corrected chi connectivity index (χ1v) is 7.27. The number of aromatic hydroxyl groups is 1. The van der Waals surface area contributed by atoms with Crippen molar-refractivity contribution >= 4 is 29.2 Å². The fourth-order valence-corrected chi connectivity index (χ4v) is 2.82. The van der Waals surface area contributed by atoms with E-state index in [1.165, 1.54) is 12.1 Å². The number of rotatable bonds is 2. The Bertz CT molecular complexity index is 813. The number of halogens is 3. The third-order valence-corrected chi connectivity index (χ3v) is 4.00. The average Bonchev–Trinajstić information content (AvgIpc) is 2.50. The number of carbonyl (C=O) groups is 1. The highest BCUT2D eigenvalue weighted by Crippen LogP contribution is 2.48. The Labute approximate surface area is 140 Å². The van der Waals surface area contributed by atoms with Crippen molar-refractivity contribution < 1.29 is 23.8 Å². The molecule has 3 N–H and O–H groups in total. The number of esters is 1. The van der Waals surface area contributed by atoms with Crippen molar-refractivity contribution in [1.29, 1.82) is 0 Å². The van der Waals surface area contributed by atoms with Crippen molar-refractivity contribution in [3.05, 3.63) is 40.1 Å². The zero-order valence-corrected chi connectivity index (χ0v) is 13.0. The monoisotopic (exact) mass is 357 g/mol. The van der Waals surface area contributed by atoms with Gasteiger partial charge in [0.15, 0.2) is 11.5 Å². The van der Waals surface area contributed by atoms with E-state index in [2.05, 4.69) is 0 Å². The van der Waals surface area contributed by atoms with Gasteiger partial charge in [0.05, 0.1) is 10.0 Å². The normalized spacial score (nSPS) is 16.5. The standard InChI is InChI=1S/C15H10Cl2FNO4/c16-8-1-2-9(20)13(17)12(8)7-3-6(18)4-10-14(7)22-11(5-19)15(21)23-10/h1-4,11,20H,5,19H2/t11-/m0/s1. The zero-order chi connectivity index (χ0) is 16.7. The third-order valence-electron chi connectivity index (χ3n) is 3.31. The molecule has 0 saturated carbocycles. The molecular formula is C15H10Cl2FNO4. The lowest BCUT2D eigenvalue weighted by atomic mass is 10.0. The van der Waals surface area contributed by atoms with Gasteiger partial charge in [-0.25, -0.2) is 9.18 Å². The summed E-state index contributed by atoms with van der Waals surface area (Å²) in [4.78, 5) is 11.7. The predicted octanol–water partition coefficient (Wildman–Crippen LogP) is 3.13. The number of phenolic OH excluding ortho intramolecular Hbond substituents is 1. The van der Waals surface area contributed by atoms with Crippen molar-refractivity contribution in [1.82, 2.24) is 0 Å². The molecule has 23 heavy (non-hydrogen) atoms. The maximum Gasteiger partial charge on any atom is 0.354 e. The Balaban J connectivity index is 2.26. The lowest BCUT2D eigenvalue weighted by Crippen LogP contribution is -2.41. The van der Waals surface area contributed by atoms with Gasteiger partial charge in [-0.15, -0.1) is 0 Å². The summed E-state index contributed by atoms with van der Waals surface area (Å²) in [6.45, 7) is -0.114. The van der Waals surface area contributed by atoms with Gasteiger partial charge in [0.2, 0.25) is 6.10 Å². The van der Waals surface area contributed by atoms with Crippen molar-refractivity contribution in [2.24, 2.45) is 5.73 Å². The second-order valence-corrected chi connectivity index (χ2v) is 5.58. The van der Waals surface area contributed by atoms with Gasteiger partial charge in [0.25, 0.3) is 0 Å². The average molecular weight is 358 g/mol. The SMILES string of the molecule is NC[C@@H]1Oc2c(cc(F)cc2-c2c(Cl)ccc(O)c2Cl)OC1=O. The summed E-state index contributed by atoms with van der Waals surface area (Å²) in [5.74, 6) is -1.66. The Hall–Kier alpha value is -2.02. The topological polar surface area (TPSA) is 81.8 Å². The van der Waals surface area contributed by atoms with Gasteiger partial charge in [-0.2, -0.15) is 0 Å². The van der Waals surface area contributed by atoms with Crippen molar-refractivity contribution in [3.8, 4) is 28.4 Å². The molecule has 0 fully saturated rings. The molecule has 0 bridgehead atoms. The molecule has 2 aromatic rings. The number of fused-ring (bicyclic) bond motifs is 1. The molecule has 0 aromatic heterocycles. The van der Waals surface area contributed by atoms with E-state index in [-0.39, 0.29) is 45.0 Å². The van der Waals surface area contributed by atoms with Crippen molar-refractivity contribution in [2.75, 3.05) is 6.54 Å². The first-order chi connectivity index (χ1) is 10.9. The van der Waals surface area contributed by atoms with E-state index in [1.807, 2.05) is 0 Å². The number of benzene rings is 2. The molecule has 3 rings (SSSR count). The van der Waals surface area contributed by atoms with Crippen molar-refractivity contribution in [3.63, 3.8) is 0 Å². The van der Waals surface area contributed by atoms with Crippen LogP contribution in [-0.4, -0.2) is 23.7 Å². The molecule has 0 spiro atoms. The molecule has 0 saturated heterocycles. The Morgan fingerprint density at radius 2 is 2.04 bits per heavy atom. The molecule has 0 aliphatic carbocycles. The van der Waals surface area contributed by atoms with Crippen LogP contribution >= 0.6 is 23.2 Å². The second kappa shape index (κ2) is 5.88. The molecular weight excluding hydrogens is 348 g/mol. The molecule has 0 unspecified atom stereocenters. The summed E-state index contributed by atoms with van der Waals surface area (Å²) in [6.07, 6.45) is -1.03. The highest BCUT2D eigenvalue weighted by Gasteiger charge is 2.32. The van der Waals surface area contributed by atoms with Crippen LogP contribution in [0.1, 0.15) is 0 Å². The van der Waals surface area contributed by atoms with Gasteiger partial charge in [0.1, 0.15) is 11.6 Å². The van der Waals surface area contributed by atoms with E-state index in [0.29, 0.717) is 0 Å². The van der Waals surface area contributed by atoms with E-state index in [0.717, 1.165) is 12.1 Å². The Morgan fingerprint density at radius 1 is 1.30 bits per heavy atom. The van der Waals surface area contributed by atoms with E-state index < -0.39 is 17.9 Å². The summed E-state index contributed by atoms with van der Waals surface area (Å²) >= 11 is 12.2. The molecule has 0 amide bonds. The van der Waals surface area contributed by atoms with Crippen LogP contribution in [-0.2, 0) is 4.79 Å². The van der Waals surface area contributed by atoms with Gasteiger partial charge in [-0.05, 0) is 18.2 Å². The first-order valence-electron chi connectivity index (χ1n) is 6.51. The Morgan fingerprint density at radius 3 is 2.74 bits per heavy atom. The largest absolute Gasteiger partial charge is 0.506 e. The van der Waals surface area contributed by atoms with Crippen molar-refractivity contribution in [2.45, 2.75) is 6.10 Å². The van der Waals surface area contributed by atoms with Gasteiger partial charge in [-0.1, -0.05) is 23.2 Å². The highest BCUT2D eigenvalue weighted by atomic mass is 35.5. The lowest BCUT2D eigenvalue weighted by molar-refractivity contribution is -0.144. The van der Waals surface area contributed by atoms with Crippen LogP contribution in [0, 0.1) is 5.82 Å². The number of nitrogens with two attached hydrogens (primary N) is 1. The smallest absolute Gasteiger partial charge is 0.354 e. The number of phenols is 1. The molecule has 120 valence electrons. The summed E-state index contributed by atoms with van der Waals surface area (Å²) in [5, 5.41) is 9.87. The second-order valence-electron chi connectivity index (χ2n) is 4.80. The van der Waals surface area contributed by atoms with Crippen LogP contribution in [0.15, 0.2) is 24.3 Å². The van der Waals surface area contributed by atoms with Gasteiger partial charge >= 0.3 is 5.97 Å². The molecule has 1 heterocycles. The fourth-order valence-electron chi connectivity index (χ4n) is 2.25. The van der Waals surface area contributed by atoms with Crippen LogP contribution in [0.3, 0.4) is 0 Å². The summed E-state index contributed by atoms with van der Waals surface area (Å²) < 4.78 is 24.5. The maximum absolute atomic E-state index is 13.9. The highest BCUT2D eigenvalue weighted by molar-refractivity contribution is 6.40. The molecule has 1 aliphatic heterocycles. The number of ether oxygens (including phenoxy) is 2. The van der Waals surface area contributed by atoms with Gasteiger partial charge in [-0.3, -0.25) is 0 Å². The summed E-state index contributed by atoms with van der Waals surface area (Å²) in [6, 6.07) is 4.85. The van der Waals surface area contributed by atoms with E-state index in [9.17, 15) is 14.3 Å². The minimum Gasteiger partial charge on any atom is -0.506 e. The number of carbonyl (C=O) groups excluding carboxylic acids is 1. The Kier molecular flexibility index (Phi) is 4.06. The van der Waals surface area contributed by atoms with Crippen LogP contribution in [0.5, 0.6) is 17.2 Å². The van der Waals surface area contributed by atoms with Crippen LogP contribution in [0.25, 0.3) is 11.1 Å². The molecule has 1 aliphatic rings.